The Kier molecular flexibility index (Phi) is 7.28. The molecule has 3 aliphatic rings. The van der Waals surface area contributed by atoms with Gasteiger partial charge in [0.1, 0.15) is 17.6 Å². The number of unbranched alkanes of at least 4 members (excludes halogenated alkanes) is 3. The zero-order valence-corrected chi connectivity index (χ0v) is 20.1. The normalized spacial score (nSPS) is 31.6. The molecule has 8 heteroatoms. The summed E-state index contributed by atoms with van der Waals surface area (Å²) < 4.78 is 11.9. The molecule has 2 N–H and O–H groups in total. The van der Waals surface area contributed by atoms with Gasteiger partial charge in [0, 0.05) is 19.7 Å². The van der Waals surface area contributed by atoms with Crippen LogP contribution < -0.4 is 5.32 Å². The molecule has 0 saturated carbocycles. The third-order valence-electron chi connectivity index (χ3n) is 7.68. The van der Waals surface area contributed by atoms with Gasteiger partial charge in [0.2, 0.25) is 11.8 Å². The molecule has 34 heavy (non-hydrogen) atoms. The topological polar surface area (TPSA) is 105 Å². The van der Waals surface area contributed by atoms with Gasteiger partial charge in [0.25, 0.3) is 0 Å². The Hall–Kier alpha value is -2.45. The number of nitrogens with one attached hydrogen (secondary N) is 1. The van der Waals surface area contributed by atoms with Crippen molar-refractivity contribution in [2.45, 2.75) is 76.2 Å². The summed E-state index contributed by atoms with van der Waals surface area (Å²) in [6.45, 7) is 4.77. The monoisotopic (exact) mass is 472 g/mol. The summed E-state index contributed by atoms with van der Waals surface area (Å²) in [5.74, 6) is -2.28. The van der Waals surface area contributed by atoms with Gasteiger partial charge in [-0.1, -0.05) is 43.2 Å². The fraction of sp³-hybridized carbons (Fsp3) is 0.654. The number of hydrogen-bond donors (Lipinski definition) is 2. The van der Waals surface area contributed by atoms with E-state index in [4.69, 9.17) is 14.6 Å². The summed E-state index contributed by atoms with van der Waals surface area (Å²) in [4.78, 5) is 42.0. The Morgan fingerprint density at radius 2 is 1.91 bits per heavy atom. The minimum Gasteiger partial charge on any atom is -0.466 e. The quantitative estimate of drug-likeness (QED) is 0.378. The molecule has 2 bridgehead atoms. The van der Waals surface area contributed by atoms with Crippen LogP contribution in [-0.4, -0.2) is 64.8 Å². The molecular weight excluding hydrogens is 436 g/mol. The minimum absolute atomic E-state index is 0.145. The van der Waals surface area contributed by atoms with Crippen molar-refractivity contribution in [3.05, 3.63) is 35.9 Å². The van der Waals surface area contributed by atoms with Crippen LogP contribution in [0.15, 0.2) is 30.3 Å². The van der Waals surface area contributed by atoms with Crippen LogP contribution in [0, 0.1) is 11.8 Å². The fourth-order valence-electron chi connectivity index (χ4n) is 6.19. The summed E-state index contributed by atoms with van der Waals surface area (Å²) >= 11 is 0. The van der Waals surface area contributed by atoms with E-state index in [2.05, 4.69) is 5.32 Å². The molecular formula is C26H36N2O6. The standard InChI is InChI=1S/C26H36N2O6/c1-3-33-24(32)20-19-23(31)28(15-9-4-5-10-16-29)21(26(19)14-13-25(20,2)34-26)22(30)27-17-18-11-7-6-8-12-18/h6-8,11-12,19-21,29H,3-5,9-10,13-17H2,1-2H3,(H,27,30)/t19-,20+,21?,25-,26?/m0/s1. The Bertz CT molecular complexity index is 908. The number of hydrogen-bond acceptors (Lipinski definition) is 6. The van der Waals surface area contributed by atoms with Gasteiger partial charge in [0.15, 0.2) is 0 Å². The summed E-state index contributed by atoms with van der Waals surface area (Å²) in [5.41, 5.74) is -0.856. The Morgan fingerprint density at radius 1 is 1.18 bits per heavy atom. The van der Waals surface area contributed by atoms with Crippen molar-refractivity contribution < 1.29 is 29.0 Å². The molecule has 3 fully saturated rings. The number of esters is 1. The maximum Gasteiger partial charge on any atom is 0.312 e. The second-order valence-corrected chi connectivity index (χ2v) is 9.85. The van der Waals surface area contributed by atoms with E-state index in [-0.39, 0.29) is 25.0 Å². The number of amides is 2. The minimum atomic E-state index is -1.02. The summed E-state index contributed by atoms with van der Waals surface area (Å²) in [6.07, 6.45) is 4.30. The number of rotatable bonds is 11. The molecule has 186 valence electrons. The summed E-state index contributed by atoms with van der Waals surface area (Å²) in [5, 5.41) is 12.0. The molecule has 3 aliphatic heterocycles. The molecule has 3 heterocycles. The second kappa shape index (κ2) is 10.0. The molecule has 3 saturated heterocycles. The lowest BCUT2D eigenvalue weighted by atomic mass is 9.66. The average molecular weight is 473 g/mol. The third-order valence-corrected chi connectivity index (χ3v) is 7.68. The average Bonchev–Trinajstić information content (AvgIpc) is 3.39. The number of likely N-dealkylation sites (tertiary alicyclic amines) is 1. The lowest BCUT2D eigenvalue weighted by molar-refractivity contribution is -0.159. The molecule has 0 aliphatic carbocycles. The lowest BCUT2D eigenvalue weighted by Crippen LogP contribution is -2.55. The first kappa shape index (κ1) is 24.7. The Labute approximate surface area is 201 Å². The van der Waals surface area contributed by atoms with Gasteiger partial charge in [-0.2, -0.15) is 0 Å². The first-order valence-corrected chi connectivity index (χ1v) is 12.5. The molecule has 5 atom stereocenters. The predicted molar refractivity (Wildman–Crippen MR) is 124 cm³/mol. The highest BCUT2D eigenvalue weighted by molar-refractivity contribution is 5.98. The first-order chi connectivity index (χ1) is 16.4. The number of fused-ring (bicyclic) bond motifs is 1. The molecule has 1 aromatic rings. The van der Waals surface area contributed by atoms with Crippen molar-refractivity contribution in [1.82, 2.24) is 10.2 Å². The number of nitrogens with zero attached hydrogens (tertiary/aromatic N) is 1. The van der Waals surface area contributed by atoms with Crippen molar-refractivity contribution >= 4 is 17.8 Å². The van der Waals surface area contributed by atoms with Crippen molar-refractivity contribution in [1.29, 1.82) is 0 Å². The largest absolute Gasteiger partial charge is 0.466 e. The van der Waals surface area contributed by atoms with Crippen molar-refractivity contribution in [3.63, 3.8) is 0 Å². The lowest BCUT2D eigenvalue weighted by Gasteiger charge is -2.33. The number of aliphatic hydroxyl groups excluding tert-OH is 1. The van der Waals surface area contributed by atoms with Gasteiger partial charge in [-0.25, -0.2) is 0 Å². The van der Waals surface area contributed by atoms with Gasteiger partial charge in [-0.3, -0.25) is 14.4 Å². The molecule has 2 amide bonds. The third kappa shape index (κ3) is 4.22. The van der Waals surface area contributed by atoms with E-state index < -0.39 is 35.0 Å². The Balaban J connectivity index is 1.59. The molecule has 1 aromatic carbocycles. The zero-order valence-electron chi connectivity index (χ0n) is 20.1. The van der Waals surface area contributed by atoms with Crippen molar-refractivity contribution in [2.75, 3.05) is 19.8 Å². The van der Waals surface area contributed by atoms with Gasteiger partial charge in [0.05, 0.1) is 18.1 Å². The smallest absolute Gasteiger partial charge is 0.312 e. The number of ether oxygens (including phenoxy) is 2. The SMILES string of the molecule is CCOC(=O)[C@H]1[C@H]2C(=O)N(CCCCCCO)C(C(=O)NCc3ccccc3)C23CC[C@]1(C)O3. The van der Waals surface area contributed by atoms with E-state index in [1.165, 1.54) is 0 Å². The maximum absolute atomic E-state index is 13.8. The second-order valence-electron chi connectivity index (χ2n) is 9.85. The van der Waals surface area contributed by atoms with E-state index in [1.807, 2.05) is 37.3 Å². The maximum atomic E-state index is 13.8. The van der Waals surface area contributed by atoms with Crippen molar-refractivity contribution in [3.8, 4) is 0 Å². The van der Waals surface area contributed by atoms with Crippen LogP contribution in [0.5, 0.6) is 0 Å². The number of aliphatic hydroxyl groups is 1. The summed E-state index contributed by atoms with van der Waals surface area (Å²) in [6, 6.07) is 8.85. The van der Waals surface area contributed by atoms with E-state index >= 15 is 0 Å². The highest BCUT2D eigenvalue weighted by Crippen LogP contribution is 2.63. The molecule has 1 spiro atoms. The van der Waals surface area contributed by atoms with Crippen LogP contribution >= 0.6 is 0 Å². The number of carbonyl (C=O) groups is 3. The summed E-state index contributed by atoms with van der Waals surface area (Å²) in [7, 11) is 0. The van der Waals surface area contributed by atoms with Crippen LogP contribution in [0.3, 0.4) is 0 Å². The highest BCUT2D eigenvalue weighted by Gasteiger charge is 2.78. The number of benzene rings is 1. The fourth-order valence-corrected chi connectivity index (χ4v) is 6.19. The van der Waals surface area contributed by atoms with Gasteiger partial charge < -0.3 is 24.8 Å². The predicted octanol–water partition coefficient (Wildman–Crippen LogP) is 2.18. The molecule has 2 unspecified atom stereocenters. The molecule has 0 radical (unpaired) electrons. The first-order valence-electron chi connectivity index (χ1n) is 12.5. The van der Waals surface area contributed by atoms with Crippen LogP contribution in [0.25, 0.3) is 0 Å². The van der Waals surface area contributed by atoms with Crippen LogP contribution in [0.1, 0.15) is 57.9 Å². The van der Waals surface area contributed by atoms with Gasteiger partial charge >= 0.3 is 5.97 Å². The highest BCUT2D eigenvalue weighted by atomic mass is 16.6. The van der Waals surface area contributed by atoms with Crippen LogP contribution in [-0.2, 0) is 30.4 Å². The van der Waals surface area contributed by atoms with Gasteiger partial charge in [-0.15, -0.1) is 0 Å². The number of carbonyl (C=O) groups excluding carboxylic acids is 3. The zero-order chi connectivity index (χ0) is 24.3. The van der Waals surface area contributed by atoms with Crippen LogP contribution in [0.4, 0.5) is 0 Å². The molecule has 4 rings (SSSR count). The van der Waals surface area contributed by atoms with E-state index in [0.29, 0.717) is 32.4 Å². The van der Waals surface area contributed by atoms with Gasteiger partial charge in [-0.05, 0) is 45.1 Å². The van der Waals surface area contributed by atoms with E-state index in [0.717, 1.165) is 24.8 Å². The molecule has 8 nitrogen and oxygen atoms in total. The molecule has 0 aromatic heterocycles. The van der Waals surface area contributed by atoms with Crippen LogP contribution in [0.2, 0.25) is 0 Å². The van der Waals surface area contributed by atoms with Crippen molar-refractivity contribution in [2.24, 2.45) is 11.8 Å². The van der Waals surface area contributed by atoms with E-state index in [9.17, 15) is 14.4 Å². The Morgan fingerprint density at radius 3 is 2.62 bits per heavy atom. The van der Waals surface area contributed by atoms with E-state index in [1.54, 1.807) is 11.8 Å².